The van der Waals surface area contributed by atoms with E-state index in [0.29, 0.717) is 13.0 Å². The van der Waals surface area contributed by atoms with Gasteiger partial charge < -0.3 is 15.2 Å². The van der Waals surface area contributed by atoms with Crippen LogP contribution in [0.3, 0.4) is 0 Å². The maximum Gasteiger partial charge on any atom is 0.251 e. The van der Waals surface area contributed by atoms with Crippen LogP contribution in [0.4, 0.5) is 0 Å². The second-order valence-corrected chi connectivity index (χ2v) is 6.01. The number of hydrogen-bond donors (Lipinski definition) is 2. The third-order valence-corrected chi connectivity index (χ3v) is 4.20. The molecular formula is C17H23N5O. The summed E-state index contributed by atoms with van der Waals surface area (Å²) in [5.74, 6) is 1.95. The number of nitrogens with one attached hydrogen (secondary N) is 2. The molecule has 1 aromatic heterocycles. The molecule has 0 saturated heterocycles. The first-order valence-electron chi connectivity index (χ1n) is 8.12. The summed E-state index contributed by atoms with van der Waals surface area (Å²) >= 11 is 0. The molecule has 122 valence electrons. The van der Waals surface area contributed by atoms with Gasteiger partial charge >= 0.3 is 0 Å². The van der Waals surface area contributed by atoms with E-state index in [1.165, 1.54) is 5.56 Å². The van der Waals surface area contributed by atoms with Gasteiger partial charge in [-0.1, -0.05) is 17.7 Å². The lowest BCUT2D eigenvalue weighted by atomic mass is 10.1. The highest BCUT2D eigenvalue weighted by molar-refractivity contribution is 5.95. The topological polar surface area (TPSA) is 71.8 Å². The molecule has 0 fully saturated rings. The van der Waals surface area contributed by atoms with Crippen LogP contribution in [0.5, 0.6) is 0 Å². The monoisotopic (exact) mass is 313 g/mol. The molecular weight excluding hydrogens is 290 g/mol. The van der Waals surface area contributed by atoms with Gasteiger partial charge in [-0.05, 0) is 25.5 Å². The molecule has 1 aromatic carbocycles. The number of hydrogen-bond acceptors (Lipinski definition) is 4. The van der Waals surface area contributed by atoms with Crippen molar-refractivity contribution in [2.24, 2.45) is 0 Å². The molecule has 0 aliphatic carbocycles. The molecule has 0 bridgehead atoms. The first-order valence-corrected chi connectivity index (χ1v) is 8.12. The van der Waals surface area contributed by atoms with Crippen LogP contribution in [0.25, 0.3) is 0 Å². The highest BCUT2D eigenvalue weighted by atomic mass is 16.1. The number of fused-ring (bicyclic) bond motifs is 1. The summed E-state index contributed by atoms with van der Waals surface area (Å²) in [5.41, 5.74) is 2.91. The van der Waals surface area contributed by atoms with Gasteiger partial charge in [-0.25, -0.2) is 0 Å². The molecule has 0 saturated carbocycles. The van der Waals surface area contributed by atoms with Gasteiger partial charge in [0.1, 0.15) is 11.6 Å². The molecule has 6 heteroatoms. The fraction of sp³-hybridized carbons (Fsp3) is 0.471. The Bertz CT molecular complexity index is 707. The number of nitrogens with zero attached hydrogens (tertiary/aromatic N) is 3. The number of amides is 1. The largest absolute Gasteiger partial charge is 0.352 e. The van der Waals surface area contributed by atoms with Gasteiger partial charge in [-0.3, -0.25) is 4.79 Å². The van der Waals surface area contributed by atoms with E-state index in [9.17, 15) is 4.79 Å². The van der Waals surface area contributed by atoms with E-state index >= 15 is 0 Å². The van der Waals surface area contributed by atoms with E-state index < -0.39 is 0 Å². The van der Waals surface area contributed by atoms with Gasteiger partial charge in [0.2, 0.25) is 0 Å². The molecule has 23 heavy (non-hydrogen) atoms. The molecule has 6 nitrogen and oxygen atoms in total. The Labute approximate surface area is 136 Å². The highest BCUT2D eigenvalue weighted by Crippen LogP contribution is 2.10. The Morgan fingerprint density at radius 3 is 3.00 bits per heavy atom. The maximum atomic E-state index is 12.3. The minimum Gasteiger partial charge on any atom is -0.352 e. The van der Waals surface area contributed by atoms with E-state index in [1.54, 1.807) is 0 Å². The van der Waals surface area contributed by atoms with Crippen LogP contribution >= 0.6 is 0 Å². The number of benzene rings is 1. The zero-order chi connectivity index (χ0) is 16.2. The van der Waals surface area contributed by atoms with Crippen molar-refractivity contribution in [3.8, 4) is 0 Å². The van der Waals surface area contributed by atoms with Crippen LogP contribution < -0.4 is 10.6 Å². The van der Waals surface area contributed by atoms with Crippen molar-refractivity contribution >= 4 is 5.91 Å². The summed E-state index contributed by atoms with van der Waals surface area (Å²) in [6, 6.07) is 5.88. The van der Waals surface area contributed by atoms with Crippen LogP contribution in [0.15, 0.2) is 18.2 Å². The maximum absolute atomic E-state index is 12.3. The standard InChI is InChI=1S/C17H23N5O/c1-12-3-4-14(13(2)11-12)17(23)19-8-6-16-21-20-15-5-7-18-9-10-22(15)16/h3-4,11,18H,5-10H2,1-2H3,(H,19,23). The molecule has 1 amide bonds. The fourth-order valence-electron chi connectivity index (χ4n) is 2.97. The van der Waals surface area contributed by atoms with Crippen molar-refractivity contribution in [2.75, 3.05) is 19.6 Å². The summed E-state index contributed by atoms with van der Waals surface area (Å²) in [6.45, 7) is 7.34. The first kappa shape index (κ1) is 15.7. The van der Waals surface area contributed by atoms with Crippen LogP contribution in [-0.2, 0) is 19.4 Å². The van der Waals surface area contributed by atoms with Crippen molar-refractivity contribution in [2.45, 2.75) is 33.2 Å². The van der Waals surface area contributed by atoms with Crippen molar-refractivity contribution in [1.29, 1.82) is 0 Å². The number of carbonyl (C=O) groups is 1. The number of carbonyl (C=O) groups excluding carboxylic acids is 1. The molecule has 2 aromatic rings. The predicted octanol–water partition coefficient (Wildman–Crippen LogP) is 1.01. The second kappa shape index (κ2) is 6.91. The Morgan fingerprint density at radius 2 is 2.17 bits per heavy atom. The molecule has 0 radical (unpaired) electrons. The second-order valence-electron chi connectivity index (χ2n) is 6.01. The third kappa shape index (κ3) is 3.59. The Balaban J connectivity index is 1.59. The molecule has 0 spiro atoms. The summed E-state index contributed by atoms with van der Waals surface area (Å²) < 4.78 is 2.17. The van der Waals surface area contributed by atoms with E-state index in [-0.39, 0.29) is 5.91 Å². The zero-order valence-electron chi connectivity index (χ0n) is 13.7. The van der Waals surface area contributed by atoms with Crippen LogP contribution in [0.1, 0.15) is 33.1 Å². The Morgan fingerprint density at radius 1 is 1.30 bits per heavy atom. The minimum absolute atomic E-state index is 0.0280. The number of rotatable bonds is 4. The molecule has 1 aliphatic heterocycles. The Kier molecular flexibility index (Phi) is 4.71. The molecule has 1 aliphatic rings. The molecule has 0 atom stereocenters. The quantitative estimate of drug-likeness (QED) is 0.884. The average Bonchev–Trinajstić information content (AvgIpc) is 2.75. The SMILES string of the molecule is Cc1ccc(C(=O)NCCc2nnc3n2CCNCC3)c(C)c1. The van der Waals surface area contributed by atoms with Gasteiger partial charge in [-0.2, -0.15) is 0 Å². The summed E-state index contributed by atoms with van der Waals surface area (Å²) in [4.78, 5) is 12.3. The van der Waals surface area contributed by atoms with E-state index in [2.05, 4.69) is 25.4 Å². The lowest BCUT2D eigenvalue weighted by Crippen LogP contribution is -2.27. The van der Waals surface area contributed by atoms with Gasteiger partial charge in [0.05, 0.1) is 0 Å². The van der Waals surface area contributed by atoms with Crippen LogP contribution in [-0.4, -0.2) is 40.3 Å². The normalized spacial score (nSPS) is 14.2. The molecule has 0 unspecified atom stereocenters. The van der Waals surface area contributed by atoms with Gasteiger partial charge in [-0.15, -0.1) is 10.2 Å². The highest BCUT2D eigenvalue weighted by Gasteiger charge is 2.14. The molecule has 2 N–H and O–H groups in total. The lowest BCUT2D eigenvalue weighted by Gasteiger charge is -2.09. The van der Waals surface area contributed by atoms with Crippen LogP contribution in [0.2, 0.25) is 0 Å². The van der Waals surface area contributed by atoms with Gasteiger partial charge in [0.25, 0.3) is 5.91 Å². The zero-order valence-corrected chi connectivity index (χ0v) is 13.7. The Hall–Kier alpha value is -2.21. The van der Waals surface area contributed by atoms with Crippen molar-refractivity contribution in [3.05, 3.63) is 46.5 Å². The van der Waals surface area contributed by atoms with Crippen LogP contribution in [0, 0.1) is 13.8 Å². The lowest BCUT2D eigenvalue weighted by molar-refractivity contribution is 0.0953. The summed E-state index contributed by atoms with van der Waals surface area (Å²) in [7, 11) is 0. The minimum atomic E-state index is -0.0280. The smallest absolute Gasteiger partial charge is 0.251 e. The fourth-order valence-corrected chi connectivity index (χ4v) is 2.97. The van der Waals surface area contributed by atoms with Gasteiger partial charge in [0.15, 0.2) is 0 Å². The summed E-state index contributed by atoms with van der Waals surface area (Å²) in [6.07, 6.45) is 1.60. The van der Waals surface area contributed by atoms with Crippen molar-refractivity contribution < 1.29 is 4.79 Å². The number of aromatic nitrogens is 3. The van der Waals surface area contributed by atoms with Crippen molar-refractivity contribution in [3.63, 3.8) is 0 Å². The summed E-state index contributed by atoms with van der Waals surface area (Å²) in [5, 5.41) is 14.9. The van der Waals surface area contributed by atoms with E-state index in [1.807, 2.05) is 32.0 Å². The predicted molar refractivity (Wildman–Crippen MR) is 88.5 cm³/mol. The van der Waals surface area contributed by atoms with Gasteiger partial charge in [0, 0.05) is 44.6 Å². The van der Waals surface area contributed by atoms with E-state index in [4.69, 9.17) is 0 Å². The molecule has 3 rings (SSSR count). The average molecular weight is 313 g/mol. The first-order chi connectivity index (χ1) is 11.1. The van der Waals surface area contributed by atoms with Crippen molar-refractivity contribution in [1.82, 2.24) is 25.4 Å². The number of aryl methyl sites for hydroxylation is 2. The third-order valence-electron chi connectivity index (χ3n) is 4.20. The molecule has 2 heterocycles. The van der Waals surface area contributed by atoms with E-state index in [0.717, 1.165) is 48.8 Å².